The normalized spacial score (nSPS) is 13.5. The molecule has 130 valence electrons. The first-order valence-electron chi connectivity index (χ1n) is 8.86. The molecule has 0 fully saturated rings. The third kappa shape index (κ3) is 3.57. The Bertz CT molecular complexity index is 944. The first kappa shape index (κ1) is 16.3. The average Bonchev–Trinajstić information content (AvgIpc) is 3.12. The molecule has 0 spiro atoms. The van der Waals surface area contributed by atoms with Crippen LogP contribution in [0, 0.1) is 0 Å². The summed E-state index contributed by atoms with van der Waals surface area (Å²) in [6, 6.07) is 17.5. The minimum atomic E-state index is -0.158. The molecule has 1 aromatic heterocycles. The van der Waals surface area contributed by atoms with E-state index in [0.29, 0.717) is 0 Å². The van der Waals surface area contributed by atoms with E-state index >= 15 is 0 Å². The minimum absolute atomic E-state index is 0.158. The van der Waals surface area contributed by atoms with Crippen LogP contribution in [0.2, 0.25) is 0 Å². The second-order valence-electron chi connectivity index (χ2n) is 6.36. The summed E-state index contributed by atoms with van der Waals surface area (Å²) >= 11 is 0. The van der Waals surface area contributed by atoms with E-state index in [2.05, 4.69) is 20.1 Å². The first-order chi connectivity index (χ1) is 12.8. The monoisotopic (exact) mass is 344 g/mol. The van der Waals surface area contributed by atoms with Crippen LogP contribution in [0.5, 0.6) is 0 Å². The molecule has 0 bridgehead atoms. The van der Waals surface area contributed by atoms with Gasteiger partial charge in [0, 0.05) is 30.3 Å². The molecule has 0 unspecified atom stereocenters. The van der Waals surface area contributed by atoms with Crippen molar-refractivity contribution in [3.05, 3.63) is 72.1 Å². The van der Waals surface area contributed by atoms with Gasteiger partial charge < -0.3 is 9.88 Å². The number of aryl methyl sites for hydroxylation is 1. The summed E-state index contributed by atoms with van der Waals surface area (Å²) in [6.07, 6.45) is 6.64. The number of benzene rings is 2. The number of carbonyl (C=O) groups excluding carboxylic acids is 1. The Morgan fingerprint density at radius 1 is 1.04 bits per heavy atom. The van der Waals surface area contributed by atoms with E-state index in [-0.39, 0.29) is 5.91 Å². The maximum absolute atomic E-state index is 12.2. The summed E-state index contributed by atoms with van der Waals surface area (Å²) in [7, 11) is 0. The van der Waals surface area contributed by atoms with Crippen LogP contribution in [0.15, 0.2) is 60.7 Å². The molecule has 1 aliphatic heterocycles. The Labute approximate surface area is 152 Å². The Hall–Kier alpha value is -3.21. The molecule has 5 nitrogen and oxygen atoms in total. The molecule has 2 heterocycles. The summed E-state index contributed by atoms with van der Waals surface area (Å²) in [6.45, 7) is 0.952. The van der Waals surface area contributed by atoms with Crippen molar-refractivity contribution in [1.29, 1.82) is 0 Å². The Morgan fingerprint density at radius 3 is 2.81 bits per heavy atom. The van der Waals surface area contributed by atoms with Crippen LogP contribution < -0.4 is 5.32 Å². The van der Waals surface area contributed by atoms with Gasteiger partial charge in [0.05, 0.1) is 0 Å². The molecule has 26 heavy (non-hydrogen) atoms. The summed E-state index contributed by atoms with van der Waals surface area (Å²) in [5.74, 6) is 1.76. The van der Waals surface area contributed by atoms with Crippen LogP contribution >= 0.6 is 0 Å². The van der Waals surface area contributed by atoms with E-state index in [9.17, 15) is 4.79 Å². The fourth-order valence-electron chi connectivity index (χ4n) is 3.18. The number of anilines is 1. The van der Waals surface area contributed by atoms with E-state index in [1.54, 1.807) is 12.2 Å². The number of hydrogen-bond acceptors (Lipinski definition) is 3. The molecule has 0 saturated heterocycles. The number of nitrogens with zero attached hydrogens (tertiary/aromatic N) is 3. The van der Waals surface area contributed by atoms with E-state index in [1.165, 1.54) is 6.42 Å². The molecule has 3 aromatic rings. The van der Waals surface area contributed by atoms with Crippen LogP contribution in [-0.4, -0.2) is 20.7 Å². The SMILES string of the molecule is O=C(C=Cc1ccccc1)Nc1cccc(-c2nnc3n2CCCC3)c1. The lowest BCUT2D eigenvalue weighted by Gasteiger charge is -2.15. The highest BCUT2D eigenvalue weighted by Crippen LogP contribution is 2.25. The van der Waals surface area contributed by atoms with E-state index < -0.39 is 0 Å². The highest BCUT2D eigenvalue weighted by molar-refractivity contribution is 6.02. The summed E-state index contributed by atoms with van der Waals surface area (Å²) < 4.78 is 2.18. The predicted molar refractivity (Wildman–Crippen MR) is 103 cm³/mol. The zero-order chi connectivity index (χ0) is 17.8. The molecular weight excluding hydrogens is 324 g/mol. The molecule has 0 atom stereocenters. The fraction of sp³-hybridized carbons (Fsp3) is 0.190. The van der Waals surface area contributed by atoms with Crippen LogP contribution in [-0.2, 0) is 17.8 Å². The summed E-state index contributed by atoms with van der Waals surface area (Å²) in [5.41, 5.74) is 2.71. The molecule has 0 radical (unpaired) electrons. The minimum Gasteiger partial charge on any atom is -0.322 e. The number of aromatic nitrogens is 3. The third-order valence-corrected chi connectivity index (χ3v) is 4.47. The Morgan fingerprint density at radius 2 is 1.92 bits per heavy atom. The van der Waals surface area contributed by atoms with Crippen molar-refractivity contribution < 1.29 is 4.79 Å². The van der Waals surface area contributed by atoms with Crippen molar-refractivity contribution >= 4 is 17.7 Å². The van der Waals surface area contributed by atoms with Gasteiger partial charge in [0.1, 0.15) is 5.82 Å². The molecule has 1 N–H and O–H groups in total. The van der Waals surface area contributed by atoms with E-state index in [1.807, 2.05) is 54.6 Å². The standard InChI is InChI=1S/C21H20N4O/c26-20(13-12-16-7-2-1-3-8-16)22-18-10-6-9-17(15-18)21-24-23-19-11-4-5-14-25(19)21/h1-3,6-10,12-13,15H,4-5,11,14H2,(H,22,26). The summed E-state index contributed by atoms with van der Waals surface area (Å²) in [5, 5.41) is 11.6. The van der Waals surface area contributed by atoms with Crippen LogP contribution in [0.3, 0.4) is 0 Å². The maximum atomic E-state index is 12.2. The van der Waals surface area contributed by atoms with Gasteiger partial charge in [-0.1, -0.05) is 42.5 Å². The van der Waals surface area contributed by atoms with Crippen molar-refractivity contribution in [1.82, 2.24) is 14.8 Å². The van der Waals surface area contributed by atoms with Gasteiger partial charge in [0.2, 0.25) is 5.91 Å². The number of nitrogens with one attached hydrogen (secondary N) is 1. The third-order valence-electron chi connectivity index (χ3n) is 4.47. The number of carbonyl (C=O) groups is 1. The van der Waals surface area contributed by atoms with E-state index in [4.69, 9.17) is 0 Å². The number of fused-ring (bicyclic) bond motifs is 1. The van der Waals surface area contributed by atoms with Gasteiger partial charge in [-0.15, -0.1) is 10.2 Å². The van der Waals surface area contributed by atoms with E-state index in [0.717, 1.165) is 47.8 Å². The lowest BCUT2D eigenvalue weighted by Crippen LogP contribution is -2.11. The largest absolute Gasteiger partial charge is 0.322 e. The molecule has 0 saturated carbocycles. The summed E-state index contributed by atoms with van der Waals surface area (Å²) in [4.78, 5) is 12.2. The van der Waals surface area contributed by atoms with Gasteiger partial charge >= 0.3 is 0 Å². The molecule has 4 rings (SSSR count). The van der Waals surface area contributed by atoms with Crippen LogP contribution in [0.4, 0.5) is 5.69 Å². The van der Waals surface area contributed by atoms with Gasteiger partial charge in [-0.3, -0.25) is 4.79 Å². The smallest absolute Gasteiger partial charge is 0.248 e. The number of amides is 1. The van der Waals surface area contributed by atoms with Crippen molar-refractivity contribution in [2.75, 3.05) is 5.32 Å². The van der Waals surface area contributed by atoms with Crippen molar-refractivity contribution in [2.45, 2.75) is 25.8 Å². The second kappa shape index (κ2) is 7.35. The highest BCUT2D eigenvalue weighted by Gasteiger charge is 2.17. The maximum Gasteiger partial charge on any atom is 0.248 e. The average molecular weight is 344 g/mol. The molecule has 2 aromatic carbocycles. The Balaban J connectivity index is 1.50. The van der Waals surface area contributed by atoms with Gasteiger partial charge in [0.15, 0.2) is 5.82 Å². The lowest BCUT2D eigenvalue weighted by molar-refractivity contribution is -0.111. The van der Waals surface area contributed by atoms with Crippen molar-refractivity contribution in [3.8, 4) is 11.4 Å². The number of rotatable bonds is 4. The van der Waals surface area contributed by atoms with Gasteiger partial charge in [0.25, 0.3) is 0 Å². The highest BCUT2D eigenvalue weighted by atomic mass is 16.1. The molecule has 1 aliphatic rings. The van der Waals surface area contributed by atoms with Gasteiger partial charge in [-0.25, -0.2) is 0 Å². The zero-order valence-electron chi connectivity index (χ0n) is 14.4. The fourth-order valence-corrected chi connectivity index (χ4v) is 3.18. The number of hydrogen-bond donors (Lipinski definition) is 1. The topological polar surface area (TPSA) is 59.8 Å². The lowest BCUT2D eigenvalue weighted by atomic mass is 10.1. The quantitative estimate of drug-likeness (QED) is 0.730. The molecule has 1 amide bonds. The first-order valence-corrected chi connectivity index (χ1v) is 8.86. The second-order valence-corrected chi connectivity index (χ2v) is 6.36. The van der Waals surface area contributed by atoms with Gasteiger partial charge in [-0.05, 0) is 36.6 Å². The zero-order valence-corrected chi connectivity index (χ0v) is 14.4. The van der Waals surface area contributed by atoms with Crippen LogP contribution in [0.25, 0.3) is 17.5 Å². The van der Waals surface area contributed by atoms with Crippen molar-refractivity contribution in [3.63, 3.8) is 0 Å². The predicted octanol–water partition coefficient (Wildman–Crippen LogP) is 3.93. The molecule has 0 aliphatic carbocycles. The Kier molecular flexibility index (Phi) is 4.60. The van der Waals surface area contributed by atoms with Crippen molar-refractivity contribution in [2.24, 2.45) is 0 Å². The van der Waals surface area contributed by atoms with Crippen LogP contribution in [0.1, 0.15) is 24.2 Å². The molecule has 5 heteroatoms. The van der Waals surface area contributed by atoms with Gasteiger partial charge in [-0.2, -0.15) is 0 Å². The molecular formula is C21H20N4O.